The van der Waals surface area contributed by atoms with Crippen molar-refractivity contribution in [3.8, 4) is 0 Å². The first-order valence-corrected chi connectivity index (χ1v) is 8.59. The number of carbonyl (C=O) groups is 1. The van der Waals surface area contributed by atoms with Gasteiger partial charge in [-0.15, -0.1) is 0 Å². The average Bonchev–Trinajstić information content (AvgIpc) is 2.48. The van der Waals surface area contributed by atoms with Crippen molar-refractivity contribution in [3.63, 3.8) is 0 Å². The number of amides is 1. The van der Waals surface area contributed by atoms with Gasteiger partial charge in [-0.2, -0.15) is 11.8 Å². The Morgan fingerprint density at radius 1 is 1.25 bits per heavy atom. The highest BCUT2D eigenvalue weighted by atomic mass is 32.2. The first-order valence-electron chi connectivity index (χ1n) is 7.30. The fourth-order valence-electron chi connectivity index (χ4n) is 2.65. The molecule has 2 rings (SSSR count). The molecule has 1 saturated carbocycles. The quantitative estimate of drug-likeness (QED) is 0.875. The number of anilines is 1. The summed E-state index contributed by atoms with van der Waals surface area (Å²) in [7, 11) is 0. The van der Waals surface area contributed by atoms with E-state index in [4.69, 9.17) is 0 Å². The van der Waals surface area contributed by atoms with E-state index in [9.17, 15) is 4.79 Å². The molecule has 1 aromatic carbocycles. The Balaban J connectivity index is 1.72. The molecule has 0 spiro atoms. The van der Waals surface area contributed by atoms with Crippen LogP contribution in [0.4, 0.5) is 5.69 Å². The fourth-order valence-corrected chi connectivity index (χ4v) is 3.39. The van der Waals surface area contributed by atoms with Crippen molar-refractivity contribution in [2.45, 2.75) is 43.9 Å². The summed E-state index contributed by atoms with van der Waals surface area (Å²) in [5.41, 5.74) is 2.01. The predicted octanol–water partition coefficient (Wildman–Crippen LogP) is 3.20. The highest BCUT2D eigenvalue weighted by Crippen LogP contribution is 2.26. The first-order chi connectivity index (χ1) is 9.69. The number of hydrogen-bond acceptors (Lipinski definition) is 3. The minimum absolute atomic E-state index is 0.0475. The van der Waals surface area contributed by atoms with Gasteiger partial charge in [0.1, 0.15) is 0 Å². The molecule has 20 heavy (non-hydrogen) atoms. The SMILES string of the molecule is CSC1CCC(NCC(=O)Nc2ccccc2C)CC1. The predicted molar refractivity (Wildman–Crippen MR) is 87.4 cm³/mol. The average molecular weight is 292 g/mol. The van der Waals surface area contributed by atoms with E-state index in [1.807, 2.05) is 43.0 Å². The van der Waals surface area contributed by atoms with Crippen molar-refractivity contribution in [3.05, 3.63) is 29.8 Å². The number of carbonyl (C=O) groups excluding carboxylic acids is 1. The number of aryl methyl sites for hydroxylation is 1. The van der Waals surface area contributed by atoms with Crippen molar-refractivity contribution in [1.29, 1.82) is 0 Å². The van der Waals surface area contributed by atoms with Crippen LogP contribution in [0.1, 0.15) is 31.2 Å². The maximum atomic E-state index is 12.0. The van der Waals surface area contributed by atoms with Gasteiger partial charge in [-0.25, -0.2) is 0 Å². The van der Waals surface area contributed by atoms with E-state index in [-0.39, 0.29) is 5.91 Å². The summed E-state index contributed by atoms with van der Waals surface area (Å²) in [5, 5.41) is 7.16. The third-order valence-electron chi connectivity index (χ3n) is 3.98. The minimum Gasteiger partial charge on any atom is -0.325 e. The smallest absolute Gasteiger partial charge is 0.238 e. The van der Waals surface area contributed by atoms with Gasteiger partial charge in [0.25, 0.3) is 0 Å². The van der Waals surface area contributed by atoms with Crippen LogP contribution in [0.25, 0.3) is 0 Å². The van der Waals surface area contributed by atoms with E-state index >= 15 is 0 Å². The third kappa shape index (κ3) is 4.53. The van der Waals surface area contributed by atoms with Gasteiger partial charge in [-0.1, -0.05) is 18.2 Å². The summed E-state index contributed by atoms with van der Waals surface area (Å²) >= 11 is 1.97. The fraction of sp³-hybridized carbons (Fsp3) is 0.562. The van der Waals surface area contributed by atoms with Crippen LogP contribution >= 0.6 is 11.8 Å². The van der Waals surface area contributed by atoms with E-state index in [0.717, 1.165) is 16.5 Å². The second-order valence-electron chi connectivity index (χ2n) is 5.45. The lowest BCUT2D eigenvalue weighted by Gasteiger charge is -2.28. The Morgan fingerprint density at radius 2 is 1.95 bits per heavy atom. The molecular formula is C16H24N2OS. The largest absolute Gasteiger partial charge is 0.325 e. The standard InChI is InChI=1S/C16H24N2OS/c1-12-5-3-4-6-15(12)18-16(19)11-17-13-7-9-14(20-2)10-8-13/h3-6,13-14,17H,7-11H2,1-2H3,(H,18,19). The third-order valence-corrected chi connectivity index (χ3v) is 5.12. The van der Waals surface area contributed by atoms with Crippen LogP contribution in [0.2, 0.25) is 0 Å². The molecule has 0 heterocycles. The summed E-state index contributed by atoms with van der Waals surface area (Å²) < 4.78 is 0. The Hall–Kier alpha value is -1.00. The van der Waals surface area contributed by atoms with Crippen molar-refractivity contribution in [2.75, 3.05) is 18.1 Å². The van der Waals surface area contributed by atoms with Crippen LogP contribution in [-0.2, 0) is 4.79 Å². The van der Waals surface area contributed by atoms with Gasteiger partial charge >= 0.3 is 0 Å². The van der Waals surface area contributed by atoms with Crippen molar-refractivity contribution >= 4 is 23.4 Å². The summed E-state index contributed by atoms with van der Waals surface area (Å²) in [4.78, 5) is 12.0. The molecule has 3 nitrogen and oxygen atoms in total. The summed E-state index contributed by atoms with van der Waals surface area (Å²) in [5.74, 6) is 0.0475. The van der Waals surface area contributed by atoms with Crippen molar-refractivity contribution in [2.24, 2.45) is 0 Å². The topological polar surface area (TPSA) is 41.1 Å². The van der Waals surface area contributed by atoms with E-state index in [0.29, 0.717) is 12.6 Å². The Bertz CT molecular complexity index is 442. The summed E-state index contributed by atoms with van der Waals surface area (Å²) in [6.45, 7) is 2.41. The zero-order chi connectivity index (χ0) is 14.4. The molecule has 1 aromatic rings. The molecule has 1 aliphatic carbocycles. The number of benzene rings is 1. The Morgan fingerprint density at radius 3 is 2.60 bits per heavy atom. The number of nitrogens with one attached hydrogen (secondary N) is 2. The van der Waals surface area contributed by atoms with Crippen LogP contribution in [0.5, 0.6) is 0 Å². The molecule has 0 saturated heterocycles. The second kappa shape index (κ2) is 7.70. The molecule has 0 aliphatic heterocycles. The summed E-state index contributed by atoms with van der Waals surface area (Å²) in [6.07, 6.45) is 7.08. The van der Waals surface area contributed by atoms with Gasteiger partial charge in [-0.05, 0) is 50.5 Å². The molecule has 0 bridgehead atoms. The molecule has 0 radical (unpaired) electrons. The van der Waals surface area contributed by atoms with Gasteiger partial charge in [0.15, 0.2) is 0 Å². The van der Waals surface area contributed by atoms with Crippen molar-refractivity contribution in [1.82, 2.24) is 5.32 Å². The number of hydrogen-bond donors (Lipinski definition) is 2. The zero-order valence-corrected chi connectivity index (χ0v) is 13.1. The maximum absolute atomic E-state index is 12.0. The van der Waals surface area contributed by atoms with Crippen molar-refractivity contribution < 1.29 is 4.79 Å². The van der Waals surface area contributed by atoms with Gasteiger partial charge < -0.3 is 10.6 Å². The van der Waals surface area contributed by atoms with Gasteiger partial charge in [0.2, 0.25) is 5.91 Å². The number of para-hydroxylation sites is 1. The maximum Gasteiger partial charge on any atom is 0.238 e. The Kier molecular flexibility index (Phi) is 5.92. The zero-order valence-electron chi connectivity index (χ0n) is 12.3. The number of thioether (sulfide) groups is 1. The lowest BCUT2D eigenvalue weighted by Crippen LogP contribution is -2.38. The normalized spacial score (nSPS) is 22.5. The van der Waals surface area contributed by atoms with E-state index in [2.05, 4.69) is 16.9 Å². The van der Waals surface area contributed by atoms with Crippen LogP contribution < -0.4 is 10.6 Å². The monoisotopic (exact) mass is 292 g/mol. The minimum atomic E-state index is 0.0475. The molecule has 1 amide bonds. The van der Waals surface area contributed by atoms with E-state index < -0.39 is 0 Å². The van der Waals surface area contributed by atoms with Gasteiger partial charge in [-0.3, -0.25) is 4.79 Å². The molecule has 0 aromatic heterocycles. The molecule has 1 fully saturated rings. The lowest BCUT2D eigenvalue weighted by molar-refractivity contribution is -0.115. The second-order valence-corrected chi connectivity index (χ2v) is 6.59. The van der Waals surface area contributed by atoms with Crippen LogP contribution in [-0.4, -0.2) is 30.0 Å². The highest BCUT2D eigenvalue weighted by Gasteiger charge is 2.20. The van der Waals surface area contributed by atoms with Crippen LogP contribution in [0, 0.1) is 6.92 Å². The molecule has 110 valence electrons. The molecule has 0 atom stereocenters. The summed E-state index contributed by atoms with van der Waals surface area (Å²) in [6, 6.07) is 8.37. The lowest BCUT2D eigenvalue weighted by atomic mass is 9.95. The van der Waals surface area contributed by atoms with E-state index in [1.54, 1.807) is 0 Å². The molecule has 2 N–H and O–H groups in total. The van der Waals surface area contributed by atoms with E-state index in [1.165, 1.54) is 25.7 Å². The first kappa shape index (κ1) is 15.4. The molecule has 0 unspecified atom stereocenters. The van der Waals surface area contributed by atoms with Crippen LogP contribution in [0.15, 0.2) is 24.3 Å². The van der Waals surface area contributed by atoms with Gasteiger partial charge in [0, 0.05) is 17.0 Å². The molecule has 4 heteroatoms. The molecular weight excluding hydrogens is 268 g/mol. The molecule has 1 aliphatic rings. The Labute approximate surface area is 125 Å². The van der Waals surface area contributed by atoms with Gasteiger partial charge in [0.05, 0.1) is 6.54 Å². The number of rotatable bonds is 5. The highest BCUT2D eigenvalue weighted by molar-refractivity contribution is 7.99. The van der Waals surface area contributed by atoms with Crippen LogP contribution in [0.3, 0.4) is 0 Å².